The van der Waals surface area contributed by atoms with Gasteiger partial charge in [-0.2, -0.15) is 0 Å². The molecule has 2 aromatic rings. The van der Waals surface area contributed by atoms with Gasteiger partial charge in [0.15, 0.2) is 0 Å². The molecule has 0 saturated carbocycles. The molecule has 0 atom stereocenters. The summed E-state index contributed by atoms with van der Waals surface area (Å²) in [7, 11) is 0. The van der Waals surface area contributed by atoms with Crippen molar-refractivity contribution in [3.05, 3.63) is 65.7 Å². The minimum absolute atomic E-state index is 0.158. The van der Waals surface area contributed by atoms with Crippen molar-refractivity contribution >= 4 is 11.6 Å². The number of hydrogen-bond acceptors (Lipinski definition) is 2. The summed E-state index contributed by atoms with van der Waals surface area (Å²) >= 11 is 0. The fourth-order valence-corrected chi connectivity index (χ4v) is 3.33. The molecule has 0 saturated heterocycles. The Labute approximate surface area is 144 Å². The average Bonchev–Trinajstić information content (AvgIpc) is 2.64. The maximum atomic E-state index is 12.1. The second-order valence-electron chi connectivity index (χ2n) is 6.41. The maximum Gasteiger partial charge on any atom is 0.221 e. The molecule has 1 aliphatic heterocycles. The molecule has 1 N–H and O–H groups in total. The van der Waals surface area contributed by atoms with E-state index < -0.39 is 0 Å². The fraction of sp³-hybridized carbons (Fsp3) is 0.381. The number of nitrogens with one attached hydrogen (secondary N) is 1. The van der Waals surface area contributed by atoms with Crippen LogP contribution < -0.4 is 10.2 Å². The van der Waals surface area contributed by atoms with Gasteiger partial charge in [0.05, 0.1) is 0 Å². The minimum atomic E-state index is 0.158. The van der Waals surface area contributed by atoms with Crippen molar-refractivity contribution in [3.8, 4) is 0 Å². The zero-order valence-electron chi connectivity index (χ0n) is 14.2. The molecule has 0 aliphatic carbocycles. The van der Waals surface area contributed by atoms with E-state index in [0.29, 0.717) is 6.42 Å². The van der Waals surface area contributed by atoms with Gasteiger partial charge < -0.3 is 10.2 Å². The van der Waals surface area contributed by atoms with Crippen LogP contribution in [-0.4, -0.2) is 25.5 Å². The normalized spacial score (nSPS) is 13.4. The Morgan fingerprint density at radius 1 is 1.04 bits per heavy atom. The Bertz CT molecular complexity index is 654. The number of carbonyl (C=O) groups excluding carboxylic acids is 1. The fourth-order valence-electron chi connectivity index (χ4n) is 3.33. The molecule has 24 heavy (non-hydrogen) atoms. The van der Waals surface area contributed by atoms with Gasteiger partial charge in [-0.3, -0.25) is 4.79 Å². The minimum Gasteiger partial charge on any atom is -0.371 e. The molecule has 0 bridgehead atoms. The highest BCUT2D eigenvalue weighted by molar-refractivity contribution is 5.76. The van der Waals surface area contributed by atoms with Crippen molar-refractivity contribution in [1.82, 2.24) is 5.32 Å². The van der Waals surface area contributed by atoms with E-state index in [1.165, 1.54) is 23.2 Å². The maximum absolute atomic E-state index is 12.1. The number of fused-ring (bicyclic) bond motifs is 1. The lowest BCUT2D eigenvalue weighted by Gasteiger charge is -2.31. The molecule has 0 aromatic heterocycles. The van der Waals surface area contributed by atoms with Crippen LogP contribution in [0, 0.1) is 0 Å². The van der Waals surface area contributed by atoms with Gasteiger partial charge in [-0.05, 0) is 42.9 Å². The van der Waals surface area contributed by atoms with Gasteiger partial charge in [-0.25, -0.2) is 0 Å². The van der Waals surface area contributed by atoms with Crippen LogP contribution >= 0.6 is 0 Å². The predicted octanol–water partition coefficient (Wildman–Crippen LogP) is 3.58. The van der Waals surface area contributed by atoms with Gasteiger partial charge in [0.25, 0.3) is 0 Å². The van der Waals surface area contributed by atoms with Crippen LogP contribution in [0.2, 0.25) is 0 Å². The first-order valence-corrected chi connectivity index (χ1v) is 8.96. The lowest BCUT2D eigenvalue weighted by molar-refractivity contribution is -0.120. The first-order valence-electron chi connectivity index (χ1n) is 8.96. The van der Waals surface area contributed by atoms with Crippen LogP contribution in [0.15, 0.2) is 54.6 Å². The summed E-state index contributed by atoms with van der Waals surface area (Å²) in [5, 5.41) is 3.05. The van der Waals surface area contributed by atoms with Crippen molar-refractivity contribution in [2.24, 2.45) is 0 Å². The molecule has 0 radical (unpaired) electrons. The van der Waals surface area contributed by atoms with Gasteiger partial charge in [-0.15, -0.1) is 0 Å². The highest BCUT2D eigenvalue weighted by atomic mass is 16.1. The van der Waals surface area contributed by atoms with E-state index in [4.69, 9.17) is 0 Å². The molecular formula is C21H26N2O. The van der Waals surface area contributed by atoms with Crippen LogP contribution in [-0.2, 0) is 17.6 Å². The van der Waals surface area contributed by atoms with Crippen molar-refractivity contribution in [1.29, 1.82) is 0 Å². The topological polar surface area (TPSA) is 32.3 Å². The quantitative estimate of drug-likeness (QED) is 0.790. The number of benzene rings is 2. The molecule has 3 rings (SSSR count). The molecule has 2 aromatic carbocycles. The Hall–Kier alpha value is -2.29. The second kappa shape index (κ2) is 8.53. The number of hydrogen-bond donors (Lipinski definition) is 1. The van der Waals surface area contributed by atoms with E-state index in [1.807, 2.05) is 6.07 Å². The first-order chi connectivity index (χ1) is 11.8. The van der Waals surface area contributed by atoms with Crippen LogP contribution in [0.1, 0.15) is 30.4 Å². The van der Waals surface area contributed by atoms with Crippen molar-refractivity contribution in [3.63, 3.8) is 0 Å². The molecule has 1 aliphatic rings. The highest BCUT2D eigenvalue weighted by Gasteiger charge is 2.16. The highest BCUT2D eigenvalue weighted by Crippen LogP contribution is 2.26. The molecule has 0 fully saturated rings. The summed E-state index contributed by atoms with van der Waals surface area (Å²) in [4.78, 5) is 14.4. The third-order valence-corrected chi connectivity index (χ3v) is 4.62. The molecule has 1 heterocycles. The number of para-hydroxylation sites is 1. The summed E-state index contributed by atoms with van der Waals surface area (Å²) in [6.45, 7) is 2.62. The smallest absolute Gasteiger partial charge is 0.221 e. The standard InChI is InChI=1S/C21H26N2O/c24-21(22-15-6-10-18-8-2-1-3-9-18)14-17-23-16-7-12-19-11-4-5-13-20(19)23/h1-5,8-9,11,13H,6-7,10,12,14-17H2,(H,22,24). The van der Waals surface area contributed by atoms with E-state index >= 15 is 0 Å². The Morgan fingerprint density at radius 2 is 1.83 bits per heavy atom. The third kappa shape index (κ3) is 4.60. The molecule has 3 heteroatoms. The zero-order valence-corrected chi connectivity index (χ0v) is 14.2. The Kier molecular flexibility index (Phi) is 5.89. The van der Waals surface area contributed by atoms with E-state index in [2.05, 4.69) is 58.7 Å². The van der Waals surface area contributed by atoms with Gasteiger partial charge in [0, 0.05) is 31.7 Å². The Balaban J connectivity index is 1.37. The first kappa shape index (κ1) is 16.6. The Morgan fingerprint density at radius 3 is 2.71 bits per heavy atom. The van der Waals surface area contributed by atoms with E-state index in [1.54, 1.807) is 0 Å². The van der Waals surface area contributed by atoms with Gasteiger partial charge >= 0.3 is 0 Å². The number of amides is 1. The molecule has 1 amide bonds. The van der Waals surface area contributed by atoms with Crippen molar-refractivity contribution in [2.45, 2.75) is 32.1 Å². The lowest BCUT2D eigenvalue weighted by atomic mass is 10.0. The molecular weight excluding hydrogens is 296 g/mol. The van der Waals surface area contributed by atoms with Gasteiger partial charge in [0.1, 0.15) is 0 Å². The number of aryl methyl sites for hydroxylation is 2. The van der Waals surface area contributed by atoms with Crippen molar-refractivity contribution < 1.29 is 4.79 Å². The second-order valence-corrected chi connectivity index (χ2v) is 6.41. The summed E-state index contributed by atoms with van der Waals surface area (Å²) < 4.78 is 0. The monoisotopic (exact) mass is 322 g/mol. The third-order valence-electron chi connectivity index (χ3n) is 4.62. The van der Waals surface area contributed by atoms with Crippen LogP contribution in [0.5, 0.6) is 0 Å². The molecule has 126 valence electrons. The zero-order chi connectivity index (χ0) is 16.6. The summed E-state index contributed by atoms with van der Waals surface area (Å²) in [6, 6.07) is 19.0. The molecule has 3 nitrogen and oxygen atoms in total. The summed E-state index contributed by atoms with van der Waals surface area (Å²) in [5.41, 5.74) is 4.05. The summed E-state index contributed by atoms with van der Waals surface area (Å²) in [6.07, 6.45) is 4.90. The largest absolute Gasteiger partial charge is 0.371 e. The molecule has 0 spiro atoms. The van der Waals surface area contributed by atoms with Gasteiger partial charge in [-0.1, -0.05) is 48.5 Å². The molecule has 0 unspecified atom stereocenters. The predicted molar refractivity (Wildman–Crippen MR) is 99.4 cm³/mol. The lowest BCUT2D eigenvalue weighted by Crippen LogP contribution is -2.34. The van der Waals surface area contributed by atoms with E-state index in [-0.39, 0.29) is 5.91 Å². The van der Waals surface area contributed by atoms with Crippen LogP contribution in [0.4, 0.5) is 5.69 Å². The average molecular weight is 322 g/mol. The SMILES string of the molecule is O=C(CCN1CCCc2ccccc21)NCCCc1ccccc1. The number of rotatable bonds is 7. The van der Waals surface area contributed by atoms with Crippen molar-refractivity contribution in [2.75, 3.05) is 24.5 Å². The van der Waals surface area contributed by atoms with Gasteiger partial charge in [0.2, 0.25) is 5.91 Å². The number of anilines is 1. The van der Waals surface area contributed by atoms with E-state index in [0.717, 1.165) is 38.9 Å². The van der Waals surface area contributed by atoms with E-state index in [9.17, 15) is 4.79 Å². The number of carbonyl (C=O) groups is 1. The van der Waals surface area contributed by atoms with Crippen LogP contribution in [0.25, 0.3) is 0 Å². The number of nitrogens with zero attached hydrogens (tertiary/aromatic N) is 1. The summed E-state index contributed by atoms with van der Waals surface area (Å²) in [5.74, 6) is 0.158. The van der Waals surface area contributed by atoms with Crippen LogP contribution in [0.3, 0.4) is 0 Å².